The zero-order valence-electron chi connectivity index (χ0n) is 4.81. The molecule has 0 saturated heterocycles. The summed E-state index contributed by atoms with van der Waals surface area (Å²) in [6.45, 7) is 0. The second-order valence-corrected chi connectivity index (χ2v) is 2.33. The van der Waals surface area contributed by atoms with Crippen molar-refractivity contribution in [3.63, 3.8) is 0 Å². The third kappa shape index (κ3) is 3.20. The molecule has 6 heteroatoms. The minimum Gasteiger partial charge on any atom is -0.480 e. The second kappa shape index (κ2) is 5.70. The number of hydrogen-bond acceptors (Lipinski definition) is 3. The number of rotatable bonds is 1. The molecule has 0 amide bonds. The summed E-state index contributed by atoms with van der Waals surface area (Å²) in [5.74, 6) is -0.795. The Kier molecular flexibility index (Phi) is 7.19. The molecule has 0 bridgehead atoms. The Morgan fingerprint density at radius 3 is 2.40 bits per heavy atom. The summed E-state index contributed by atoms with van der Waals surface area (Å²) in [4.78, 5) is 10.1. The molecule has 1 unspecified atom stereocenters. The van der Waals surface area contributed by atoms with Gasteiger partial charge in [0.05, 0.1) is 0 Å². The van der Waals surface area contributed by atoms with Crippen LogP contribution in [0.1, 0.15) is 0 Å². The highest BCUT2D eigenvalue weighted by molar-refractivity contribution is 7.99. The standard InChI is InChI=1S/C4H5NO2S.2ClH/c6-4(7)3-1-2-5-8-3;;/h1-3,5H,(H,6,7);2*1H. The molecule has 1 aliphatic heterocycles. The first-order valence-corrected chi connectivity index (χ1v) is 2.99. The Bertz CT molecular complexity index is 141. The number of aliphatic carboxylic acids is 1. The van der Waals surface area contributed by atoms with E-state index in [1.54, 1.807) is 12.3 Å². The maximum atomic E-state index is 10.1. The highest BCUT2D eigenvalue weighted by Crippen LogP contribution is 2.13. The van der Waals surface area contributed by atoms with Gasteiger partial charge in [-0.1, -0.05) is 0 Å². The van der Waals surface area contributed by atoms with Crippen molar-refractivity contribution in [2.45, 2.75) is 5.25 Å². The van der Waals surface area contributed by atoms with Crippen molar-refractivity contribution in [1.82, 2.24) is 4.72 Å². The Balaban J connectivity index is 0. The molecule has 0 aromatic rings. The first-order chi connectivity index (χ1) is 3.80. The van der Waals surface area contributed by atoms with Crippen LogP contribution in [0.5, 0.6) is 0 Å². The molecule has 1 rings (SSSR count). The summed E-state index contributed by atoms with van der Waals surface area (Å²) >= 11 is 1.19. The Hall–Kier alpha value is -0.0600. The van der Waals surface area contributed by atoms with Gasteiger partial charge in [0.25, 0.3) is 0 Å². The lowest BCUT2D eigenvalue weighted by Gasteiger charge is -1.95. The molecule has 0 aliphatic carbocycles. The van der Waals surface area contributed by atoms with Crippen molar-refractivity contribution in [2.75, 3.05) is 0 Å². The summed E-state index contributed by atoms with van der Waals surface area (Å²) < 4.78 is 2.71. The molecule has 0 aromatic carbocycles. The van der Waals surface area contributed by atoms with E-state index in [2.05, 4.69) is 4.72 Å². The molecular formula is C4H7Cl2NO2S. The molecule has 1 aliphatic rings. The molecule has 10 heavy (non-hydrogen) atoms. The molecule has 0 aromatic heterocycles. The van der Waals surface area contributed by atoms with E-state index in [0.29, 0.717) is 0 Å². The van der Waals surface area contributed by atoms with Crippen LogP contribution in [0.2, 0.25) is 0 Å². The van der Waals surface area contributed by atoms with Gasteiger partial charge in [-0.15, -0.1) is 24.8 Å². The molecule has 3 nitrogen and oxygen atoms in total. The molecule has 1 heterocycles. The van der Waals surface area contributed by atoms with Gasteiger partial charge < -0.3 is 9.83 Å². The van der Waals surface area contributed by atoms with Gasteiger partial charge in [0.1, 0.15) is 5.25 Å². The van der Waals surface area contributed by atoms with Crippen LogP contribution < -0.4 is 4.72 Å². The van der Waals surface area contributed by atoms with Crippen molar-refractivity contribution < 1.29 is 9.90 Å². The number of hydrogen-bond donors (Lipinski definition) is 2. The summed E-state index contributed by atoms with van der Waals surface area (Å²) in [6.07, 6.45) is 3.23. The minimum atomic E-state index is -0.795. The van der Waals surface area contributed by atoms with Crippen molar-refractivity contribution >= 4 is 42.7 Å². The highest BCUT2D eigenvalue weighted by Gasteiger charge is 2.16. The Labute approximate surface area is 75.2 Å². The monoisotopic (exact) mass is 203 g/mol. The summed E-state index contributed by atoms with van der Waals surface area (Å²) in [5, 5.41) is 7.91. The van der Waals surface area contributed by atoms with Crippen LogP contribution in [0.4, 0.5) is 0 Å². The number of carboxylic acids is 1. The fourth-order valence-electron chi connectivity index (χ4n) is 0.411. The molecule has 0 saturated carbocycles. The molecule has 2 N–H and O–H groups in total. The lowest BCUT2D eigenvalue weighted by Crippen LogP contribution is -2.11. The van der Waals surface area contributed by atoms with E-state index in [1.165, 1.54) is 11.9 Å². The Morgan fingerprint density at radius 2 is 2.20 bits per heavy atom. The Morgan fingerprint density at radius 1 is 1.60 bits per heavy atom. The predicted octanol–water partition coefficient (Wildman–Crippen LogP) is 1.05. The largest absolute Gasteiger partial charge is 0.480 e. The maximum absolute atomic E-state index is 10.1. The summed E-state index contributed by atoms with van der Waals surface area (Å²) in [5.41, 5.74) is 0. The van der Waals surface area contributed by atoms with E-state index >= 15 is 0 Å². The average Bonchev–Trinajstić information content (AvgIpc) is 2.12. The van der Waals surface area contributed by atoms with Crippen LogP contribution >= 0.6 is 36.8 Å². The fourth-order valence-corrected chi connectivity index (χ4v) is 0.973. The van der Waals surface area contributed by atoms with E-state index in [4.69, 9.17) is 5.11 Å². The zero-order chi connectivity index (χ0) is 5.98. The van der Waals surface area contributed by atoms with Crippen LogP contribution in [0.3, 0.4) is 0 Å². The van der Waals surface area contributed by atoms with E-state index < -0.39 is 11.2 Å². The topological polar surface area (TPSA) is 49.3 Å². The molecule has 0 radical (unpaired) electrons. The van der Waals surface area contributed by atoms with Gasteiger partial charge in [0, 0.05) is 6.20 Å². The van der Waals surface area contributed by atoms with E-state index in [1.807, 2.05) is 0 Å². The van der Waals surface area contributed by atoms with Gasteiger partial charge in [0.2, 0.25) is 0 Å². The smallest absolute Gasteiger partial charge is 0.322 e. The minimum absolute atomic E-state index is 0. The fraction of sp³-hybridized carbons (Fsp3) is 0.250. The zero-order valence-corrected chi connectivity index (χ0v) is 7.26. The lowest BCUT2D eigenvalue weighted by molar-refractivity contribution is -0.135. The SMILES string of the molecule is Cl.Cl.O=C(O)C1C=CNS1. The number of carbonyl (C=O) groups is 1. The average molecular weight is 204 g/mol. The number of halogens is 2. The van der Waals surface area contributed by atoms with Gasteiger partial charge in [-0.2, -0.15) is 0 Å². The lowest BCUT2D eigenvalue weighted by atomic mass is 10.4. The first kappa shape index (κ1) is 12.6. The van der Waals surface area contributed by atoms with Crippen molar-refractivity contribution in [3.8, 4) is 0 Å². The normalized spacial score (nSPS) is 20.2. The maximum Gasteiger partial charge on any atom is 0.322 e. The van der Waals surface area contributed by atoms with Gasteiger partial charge in [-0.3, -0.25) is 4.79 Å². The van der Waals surface area contributed by atoms with E-state index in [0.717, 1.165) is 0 Å². The molecular weight excluding hydrogens is 197 g/mol. The van der Waals surface area contributed by atoms with Gasteiger partial charge in [-0.25, -0.2) is 0 Å². The first-order valence-electron chi connectivity index (χ1n) is 2.11. The van der Waals surface area contributed by atoms with Crippen molar-refractivity contribution in [1.29, 1.82) is 0 Å². The van der Waals surface area contributed by atoms with Crippen molar-refractivity contribution in [3.05, 3.63) is 12.3 Å². The van der Waals surface area contributed by atoms with Crippen LogP contribution in [-0.2, 0) is 4.79 Å². The molecule has 1 atom stereocenters. The van der Waals surface area contributed by atoms with Crippen LogP contribution in [0, 0.1) is 0 Å². The second-order valence-electron chi connectivity index (χ2n) is 1.35. The van der Waals surface area contributed by atoms with Crippen LogP contribution in [0.25, 0.3) is 0 Å². The van der Waals surface area contributed by atoms with Crippen LogP contribution in [-0.4, -0.2) is 16.3 Å². The quantitative estimate of drug-likeness (QED) is 0.626. The van der Waals surface area contributed by atoms with Gasteiger partial charge >= 0.3 is 5.97 Å². The number of nitrogens with one attached hydrogen (secondary N) is 1. The summed E-state index contributed by atoms with van der Waals surface area (Å²) in [6, 6.07) is 0. The molecule has 0 spiro atoms. The molecule has 60 valence electrons. The van der Waals surface area contributed by atoms with Gasteiger partial charge in [-0.05, 0) is 18.0 Å². The number of carboxylic acid groups (broad SMARTS) is 1. The summed E-state index contributed by atoms with van der Waals surface area (Å²) in [7, 11) is 0. The molecule has 0 fully saturated rings. The predicted molar refractivity (Wildman–Crippen MR) is 45.8 cm³/mol. The van der Waals surface area contributed by atoms with Crippen molar-refractivity contribution in [2.24, 2.45) is 0 Å². The third-order valence-electron chi connectivity index (χ3n) is 0.777. The third-order valence-corrected chi connectivity index (χ3v) is 1.66. The van der Waals surface area contributed by atoms with Gasteiger partial charge in [0.15, 0.2) is 0 Å². The highest BCUT2D eigenvalue weighted by atomic mass is 35.5. The van der Waals surface area contributed by atoms with Crippen LogP contribution in [0.15, 0.2) is 12.3 Å². The van der Waals surface area contributed by atoms with E-state index in [-0.39, 0.29) is 24.8 Å². The van der Waals surface area contributed by atoms with E-state index in [9.17, 15) is 4.79 Å².